The number of aliphatic carboxylic acids is 1. The molecule has 0 aromatic rings. The van der Waals surface area contributed by atoms with Crippen LogP contribution >= 0.6 is 11.8 Å². The van der Waals surface area contributed by atoms with Crippen molar-refractivity contribution >= 4 is 29.5 Å². The highest BCUT2D eigenvalue weighted by molar-refractivity contribution is 8.01. The Morgan fingerprint density at radius 2 is 1.91 bits per heavy atom. The molecule has 2 amide bonds. The molecule has 188 valence electrons. The van der Waals surface area contributed by atoms with Crippen LogP contribution in [-0.2, 0) is 19.1 Å². The topological polar surface area (TPSA) is 95.9 Å². The van der Waals surface area contributed by atoms with Gasteiger partial charge in [-0.05, 0) is 56.8 Å². The van der Waals surface area contributed by atoms with Crippen LogP contribution in [0.5, 0.6) is 0 Å². The first-order chi connectivity index (χ1) is 15.3. The van der Waals surface area contributed by atoms with Crippen LogP contribution in [-0.4, -0.2) is 61.7 Å². The third-order valence-electron chi connectivity index (χ3n) is 8.13. The molecule has 3 fully saturated rings. The highest BCUT2D eigenvalue weighted by atomic mass is 32.2. The van der Waals surface area contributed by atoms with Gasteiger partial charge >= 0.3 is 5.97 Å². The summed E-state index contributed by atoms with van der Waals surface area (Å²) in [5.41, 5.74) is -1.03. The van der Waals surface area contributed by atoms with E-state index in [0.717, 1.165) is 12.8 Å². The number of thioether (sulfide) groups is 1. The van der Waals surface area contributed by atoms with Crippen molar-refractivity contribution < 1.29 is 24.2 Å². The van der Waals surface area contributed by atoms with Gasteiger partial charge in [-0.25, -0.2) is 4.79 Å². The van der Waals surface area contributed by atoms with Crippen LogP contribution in [0.25, 0.3) is 0 Å². The molecule has 0 radical (unpaired) electrons. The van der Waals surface area contributed by atoms with Crippen LogP contribution in [0, 0.1) is 23.7 Å². The van der Waals surface area contributed by atoms with Gasteiger partial charge in [0.1, 0.15) is 23.1 Å². The van der Waals surface area contributed by atoms with Gasteiger partial charge in [-0.2, -0.15) is 0 Å². The van der Waals surface area contributed by atoms with E-state index in [9.17, 15) is 19.5 Å². The van der Waals surface area contributed by atoms with Crippen molar-refractivity contribution in [1.82, 2.24) is 10.2 Å². The molecular weight excluding hydrogens is 440 g/mol. The summed E-state index contributed by atoms with van der Waals surface area (Å²) in [4.78, 5) is 39.9. The lowest BCUT2D eigenvalue weighted by molar-refractivity contribution is -0.184. The number of β-lactam (4-membered cyclic amide) rings is 1. The third-order valence-corrected chi connectivity index (χ3v) is 9.70. The first kappa shape index (κ1) is 26.3. The minimum atomic E-state index is -1.03. The van der Waals surface area contributed by atoms with Crippen molar-refractivity contribution in [3.63, 3.8) is 0 Å². The zero-order valence-electron chi connectivity index (χ0n) is 21.4. The van der Waals surface area contributed by atoms with E-state index < -0.39 is 28.4 Å². The fourth-order valence-corrected chi connectivity index (χ4v) is 7.66. The normalized spacial score (nSPS) is 35.2. The molecule has 3 aliphatic rings. The fraction of sp³-hybridized carbons (Fsp3) is 0.880. The number of fused-ring (bicyclic) bond motifs is 1. The Kier molecular flexibility index (Phi) is 7.50. The van der Waals surface area contributed by atoms with E-state index in [1.807, 2.05) is 34.6 Å². The average Bonchev–Trinajstić information content (AvgIpc) is 2.97. The van der Waals surface area contributed by atoms with Crippen molar-refractivity contribution in [3.8, 4) is 0 Å². The maximum atomic E-state index is 13.8. The van der Waals surface area contributed by atoms with E-state index >= 15 is 0 Å². The molecule has 0 aromatic heterocycles. The second-order valence-corrected chi connectivity index (χ2v) is 13.2. The summed E-state index contributed by atoms with van der Waals surface area (Å²) in [6, 6.07) is -1.61. The number of carboxylic acids is 1. The number of carboxylic acid groups (broad SMARTS) is 1. The molecule has 0 aromatic carbocycles. The second-order valence-electron chi connectivity index (χ2n) is 11.4. The van der Waals surface area contributed by atoms with E-state index in [-0.39, 0.29) is 29.2 Å². The number of nitrogens with one attached hydrogen (secondary N) is 1. The Balaban J connectivity index is 1.81. The van der Waals surface area contributed by atoms with Gasteiger partial charge < -0.3 is 20.1 Å². The number of carbonyl (C=O) groups is 3. The van der Waals surface area contributed by atoms with Gasteiger partial charge in [0.2, 0.25) is 5.91 Å². The van der Waals surface area contributed by atoms with Gasteiger partial charge in [0, 0.05) is 4.75 Å². The van der Waals surface area contributed by atoms with Crippen molar-refractivity contribution in [1.29, 1.82) is 0 Å². The lowest BCUT2D eigenvalue weighted by Crippen LogP contribution is -2.72. The van der Waals surface area contributed by atoms with Crippen molar-refractivity contribution in [2.24, 2.45) is 23.7 Å². The van der Waals surface area contributed by atoms with Gasteiger partial charge in [-0.1, -0.05) is 48.0 Å². The lowest BCUT2D eigenvalue weighted by Gasteiger charge is -2.47. The summed E-state index contributed by atoms with van der Waals surface area (Å²) >= 11 is 1.44. The van der Waals surface area contributed by atoms with Crippen LogP contribution in [0.15, 0.2) is 0 Å². The molecule has 2 N–H and O–H groups in total. The molecule has 3 rings (SSSR count). The second kappa shape index (κ2) is 9.40. The lowest BCUT2D eigenvalue weighted by atomic mass is 9.74. The highest BCUT2D eigenvalue weighted by Gasteiger charge is 2.64. The predicted molar refractivity (Wildman–Crippen MR) is 130 cm³/mol. The number of carbonyl (C=O) groups excluding carboxylic acids is 2. The first-order valence-corrected chi connectivity index (χ1v) is 13.4. The van der Waals surface area contributed by atoms with Crippen LogP contribution in [0.1, 0.15) is 81.1 Å². The molecule has 7 atom stereocenters. The highest BCUT2D eigenvalue weighted by Crippen LogP contribution is 2.51. The Morgan fingerprint density at radius 1 is 1.27 bits per heavy atom. The zero-order chi connectivity index (χ0) is 24.9. The summed E-state index contributed by atoms with van der Waals surface area (Å²) in [5.74, 6) is -0.219. The Labute approximate surface area is 202 Å². The monoisotopic (exact) mass is 482 g/mol. The summed E-state index contributed by atoms with van der Waals surface area (Å²) in [6.07, 6.45) is 3.74. The minimum absolute atomic E-state index is 0.00613. The maximum Gasteiger partial charge on any atom is 0.327 e. The standard InChI is InChI=1S/C25H42N2O5S/c1-9-25(14(4)5,32-17-12-15(6)10-11-16(17)13(2)3)23(31)26-18-20(28)27-19(22(29)30)24(7,8)33-21(18)27/h13-19,21H,9-12H2,1-8H3,(H,26,31)(H,29,30)/t15-,16-,17-,18-,19+,21+,25-/m1/s1. The number of nitrogens with zero attached hydrogens (tertiary/aromatic N) is 1. The van der Waals surface area contributed by atoms with Gasteiger partial charge in [-0.15, -0.1) is 11.8 Å². The fourth-order valence-electron chi connectivity index (χ4n) is 6.03. The van der Waals surface area contributed by atoms with Gasteiger partial charge in [0.25, 0.3) is 5.91 Å². The molecule has 33 heavy (non-hydrogen) atoms. The zero-order valence-corrected chi connectivity index (χ0v) is 22.2. The van der Waals surface area contributed by atoms with Gasteiger partial charge in [0.15, 0.2) is 0 Å². The SMILES string of the molecule is CC[C@](O[C@@H]1C[C@H](C)CC[C@@H]1C(C)C)(C(=O)N[C@@H]1C(=O)N2[C@@H](C(=O)O)C(C)(C)S[C@@H]12)C(C)C. The van der Waals surface area contributed by atoms with Crippen molar-refractivity contribution in [3.05, 3.63) is 0 Å². The van der Waals surface area contributed by atoms with E-state index in [1.54, 1.807) is 0 Å². The van der Waals surface area contributed by atoms with Gasteiger partial charge in [-0.3, -0.25) is 9.59 Å². The number of hydrogen-bond donors (Lipinski definition) is 2. The molecule has 8 heteroatoms. The van der Waals surface area contributed by atoms with Gasteiger partial charge in [0.05, 0.1) is 6.10 Å². The molecule has 2 aliphatic heterocycles. The number of amides is 2. The quantitative estimate of drug-likeness (QED) is 0.510. The van der Waals surface area contributed by atoms with Crippen LogP contribution in [0.2, 0.25) is 0 Å². The Hall–Kier alpha value is -1.28. The summed E-state index contributed by atoms with van der Waals surface area (Å²) in [7, 11) is 0. The molecule has 2 saturated heterocycles. The number of ether oxygens (including phenoxy) is 1. The summed E-state index contributed by atoms with van der Waals surface area (Å²) in [5, 5.41) is 12.3. The number of rotatable bonds is 8. The Morgan fingerprint density at radius 3 is 2.42 bits per heavy atom. The molecule has 1 aliphatic carbocycles. The molecule has 7 nitrogen and oxygen atoms in total. The maximum absolute atomic E-state index is 13.8. The van der Waals surface area contributed by atoms with E-state index in [0.29, 0.717) is 24.2 Å². The van der Waals surface area contributed by atoms with E-state index in [1.165, 1.54) is 23.1 Å². The average molecular weight is 483 g/mol. The molecule has 0 unspecified atom stereocenters. The smallest absolute Gasteiger partial charge is 0.327 e. The molecule has 2 heterocycles. The number of hydrogen-bond acceptors (Lipinski definition) is 5. The van der Waals surface area contributed by atoms with E-state index in [2.05, 4.69) is 26.1 Å². The molecule has 1 saturated carbocycles. The third kappa shape index (κ3) is 4.54. The van der Waals surface area contributed by atoms with Crippen LogP contribution < -0.4 is 5.32 Å². The molecular formula is C25H42N2O5S. The Bertz CT molecular complexity index is 785. The van der Waals surface area contributed by atoms with Crippen molar-refractivity contribution in [2.75, 3.05) is 0 Å². The summed E-state index contributed by atoms with van der Waals surface area (Å²) in [6.45, 7) is 16.3. The largest absolute Gasteiger partial charge is 0.480 e. The van der Waals surface area contributed by atoms with E-state index in [4.69, 9.17) is 4.74 Å². The van der Waals surface area contributed by atoms with Crippen LogP contribution in [0.3, 0.4) is 0 Å². The predicted octanol–water partition coefficient (Wildman–Crippen LogP) is 3.90. The van der Waals surface area contributed by atoms with Crippen LogP contribution in [0.4, 0.5) is 0 Å². The molecule has 0 bridgehead atoms. The first-order valence-electron chi connectivity index (χ1n) is 12.5. The minimum Gasteiger partial charge on any atom is -0.480 e. The summed E-state index contributed by atoms with van der Waals surface area (Å²) < 4.78 is 6.15. The molecule has 0 spiro atoms. The van der Waals surface area contributed by atoms with Crippen molar-refractivity contribution in [2.45, 2.75) is 115 Å².